The zero-order valence-corrected chi connectivity index (χ0v) is 15.9. The van der Waals surface area contributed by atoms with Crippen molar-refractivity contribution in [2.45, 2.75) is 19.8 Å². The first-order valence-corrected chi connectivity index (χ1v) is 9.46. The fourth-order valence-electron chi connectivity index (χ4n) is 4.10. The molecule has 0 unspecified atom stereocenters. The summed E-state index contributed by atoms with van der Waals surface area (Å²) < 4.78 is 3.60. The molecular formula is C24H19N3O. The number of rotatable bonds is 2. The van der Waals surface area contributed by atoms with Gasteiger partial charge in [0.1, 0.15) is 0 Å². The molecule has 0 fully saturated rings. The van der Waals surface area contributed by atoms with Gasteiger partial charge in [-0.1, -0.05) is 43.0 Å². The van der Waals surface area contributed by atoms with Crippen molar-refractivity contribution in [3.05, 3.63) is 93.2 Å². The van der Waals surface area contributed by atoms with Crippen LogP contribution in [0.5, 0.6) is 0 Å². The lowest BCUT2D eigenvalue weighted by Gasteiger charge is -2.27. The van der Waals surface area contributed by atoms with E-state index in [2.05, 4.69) is 29.9 Å². The molecule has 0 aliphatic heterocycles. The van der Waals surface area contributed by atoms with Crippen molar-refractivity contribution in [2.24, 2.45) is 7.05 Å². The zero-order chi connectivity index (χ0) is 19.3. The molecule has 136 valence electrons. The highest BCUT2D eigenvalue weighted by Crippen LogP contribution is 2.37. The molecule has 2 aromatic heterocycles. The lowest BCUT2D eigenvalue weighted by atomic mass is 9.82. The van der Waals surface area contributed by atoms with Crippen LogP contribution in [-0.2, 0) is 19.9 Å². The second-order valence-corrected chi connectivity index (χ2v) is 7.11. The number of hydrogen-bond donors (Lipinski definition) is 0. The van der Waals surface area contributed by atoms with Crippen molar-refractivity contribution < 1.29 is 0 Å². The predicted molar refractivity (Wildman–Crippen MR) is 111 cm³/mol. The summed E-state index contributed by atoms with van der Waals surface area (Å²) in [4.78, 5) is 13.6. The van der Waals surface area contributed by atoms with Crippen molar-refractivity contribution in [2.75, 3.05) is 0 Å². The number of nitrogens with zero attached hydrogens (tertiary/aromatic N) is 3. The maximum Gasteiger partial charge on any atom is 0.264 e. The van der Waals surface area contributed by atoms with Gasteiger partial charge in [-0.3, -0.25) is 14.0 Å². The molecule has 0 saturated heterocycles. The second-order valence-electron chi connectivity index (χ2n) is 7.11. The highest BCUT2D eigenvalue weighted by atomic mass is 16.1. The van der Waals surface area contributed by atoms with E-state index in [4.69, 9.17) is 0 Å². The Morgan fingerprint density at radius 2 is 1.89 bits per heavy atom. The van der Waals surface area contributed by atoms with Gasteiger partial charge >= 0.3 is 0 Å². The molecule has 0 radical (unpaired) electrons. The fraction of sp³-hybridized carbons (Fsp3) is 0.167. The van der Waals surface area contributed by atoms with Gasteiger partial charge in [-0.2, -0.15) is 5.10 Å². The molecule has 4 aromatic rings. The van der Waals surface area contributed by atoms with E-state index in [9.17, 15) is 4.79 Å². The zero-order valence-electron chi connectivity index (χ0n) is 15.9. The Kier molecular flexibility index (Phi) is 3.70. The maximum atomic E-state index is 13.6. The summed E-state index contributed by atoms with van der Waals surface area (Å²) in [5.74, 6) is 6.36. The first-order valence-electron chi connectivity index (χ1n) is 9.46. The van der Waals surface area contributed by atoms with Gasteiger partial charge in [0.2, 0.25) is 0 Å². The molecule has 2 heterocycles. The molecule has 2 aromatic carbocycles. The van der Waals surface area contributed by atoms with Crippen LogP contribution in [0.4, 0.5) is 0 Å². The van der Waals surface area contributed by atoms with Gasteiger partial charge in [-0.05, 0) is 41.1 Å². The van der Waals surface area contributed by atoms with Crippen LogP contribution < -0.4 is 5.56 Å². The smallest absolute Gasteiger partial charge is 0.264 e. The van der Waals surface area contributed by atoms with Gasteiger partial charge in [-0.15, -0.1) is 0 Å². The van der Waals surface area contributed by atoms with E-state index >= 15 is 0 Å². The molecule has 0 atom stereocenters. The molecule has 4 nitrogen and oxygen atoms in total. The Balaban J connectivity index is 1.81. The number of hydrogen-bond acceptors (Lipinski definition) is 2. The molecule has 0 amide bonds. The van der Waals surface area contributed by atoms with E-state index in [1.807, 2.05) is 54.2 Å². The van der Waals surface area contributed by atoms with E-state index in [1.165, 1.54) is 11.1 Å². The molecule has 28 heavy (non-hydrogen) atoms. The number of para-hydroxylation sites is 1. The highest BCUT2D eigenvalue weighted by molar-refractivity contribution is 5.98. The molecule has 5 rings (SSSR count). The molecule has 0 spiro atoms. The monoisotopic (exact) mass is 365 g/mol. The standard InChI is InChI=1S/C24H19N3O/c1-3-21-20-13-18-12-11-17(10-9-16-14-25-26(2)15-16)23(22(18)20)24(28)27(21)19-7-5-4-6-8-19/h4-8,11-12,14-15H,3,13H2,1-2H3. The third-order valence-corrected chi connectivity index (χ3v) is 5.39. The summed E-state index contributed by atoms with van der Waals surface area (Å²) in [7, 11) is 1.87. The molecule has 0 bridgehead atoms. The van der Waals surface area contributed by atoms with Gasteiger partial charge in [0.05, 0.1) is 17.1 Å². The Labute approximate surface area is 163 Å². The Hall–Kier alpha value is -3.58. The summed E-state index contributed by atoms with van der Waals surface area (Å²) in [5, 5.41) is 5.99. The first-order chi connectivity index (χ1) is 13.7. The summed E-state index contributed by atoms with van der Waals surface area (Å²) in [6.45, 7) is 2.11. The van der Waals surface area contributed by atoms with E-state index in [1.54, 1.807) is 10.9 Å². The molecular weight excluding hydrogens is 346 g/mol. The molecule has 0 N–H and O–H groups in total. The van der Waals surface area contributed by atoms with Crippen molar-refractivity contribution >= 4 is 10.8 Å². The van der Waals surface area contributed by atoms with E-state index in [-0.39, 0.29) is 5.56 Å². The topological polar surface area (TPSA) is 39.8 Å². The van der Waals surface area contributed by atoms with Crippen molar-refractivity contribution in [3.8, 4) is 17.5 Å². The molecule has 1 aliphatic carbocycles. The predicted octanol–water partition coefficient (Wildman–Crippen LogP) is 3.59. The minimum Gasteiger partial charge on any atom is -0.280 e. The van der Waals surface area contributed by atoms with Gasteiger partial charge in [0.25, 0.3) is 5.56 Å². The number of benzene rings is 2. The third kappa shape index (κ3) is 2.40. The summed E-state index contributed by atoms with van der Waals surface area (Å²) in [6, 6.07) is 14.0. The van der Waals surface area contributed by atoms with Crippen molar-refractivity contribution in [1.82, 2.24) is 14.3 Å². The van der Waals surface area contributed by atoms with Crippen LogP contribution in [0, 0.1) is 11.8 Å². The van der Waals surface area contributed by atoms with Crippen molar-refractivity contribution in [3.63, 3.8) is 0 Å². The lowest BCUT2D eigenvalue weighted by Crippen LogP contribution is -2.28. The van der Waals surface area contributed by atoms with Gasteiger partial charge in [-0.25, -0.2) is 0 Å². The summed E-state index contributed by atoms with van der Waals surface area (Å²) >= 11 is 0. The Bertz CT molecular complexity index is 1350. The quantitative estimate of drug-likeness (QED) is 0.449. The third-order valence-electron chi connectivity index (χ3n) is 5.39. The Morgan fingerprint density at radius 3 is 2.61 bits per heavy atom. The van der Waals surface area contributed by atoms with Crippen LogP contribution in [0.15, 0.2) is 59.7 Å². The van der Waals surface area contributed by atoms with Crippen LogP contribution in [-0.4, -0.2) is 14.3 Å². The Morgan fingerprint density at radius 1 is 1.07 bits per heavy atom. The largest absolute Gasteiger partial charge is 0.280 e. The van der Waals surface area contributed by atoms with Crippen molar-refractivity contribution in [1.29, 1.82) is 0 Å². The summed E-state index contributed by atoms with van der Waals surface area (Å²) in [5.41, 5.74) is 6.16. The number of aryl methyl sites for hydroxylation is 1. The highest BCUT2D eigenvalue weighted by Gasteiger charge is 2.26. The van der Waals surface area contributed by atoms with Gasteiger partial charge in [0.15, 0.2) is 0 Å². The van der Waals surface area contributed by atoms with Crippen LogP contribution in [0.3, 0.4) is 0 Å². The van der Waals surface area contributed by atoms with Crippen LogP contribution >= 0.6 is 0 Å². The first kappa shape index (κ1) is 16.6. The van der Waals surface area contributed by atoms with Gasteiger partial charge < -0.3 is 0 Å². The summed E-state index contributed by atoms with van der Waals surface area (Å²) in [6.07, 6.45) is 5.34. The fourth-order valence-corrected chi connectivity index (χ4v) is 4.10. The average Bonchev–Trinajstić information content (AvgIpc) is 3.11. The SMILES string of the molecule is CCc1c2c3c(ccc(C#Cc4cnn(C)c4)c3c(=O)n1-c1ccccc1)C2. The second kappa shape index (κ2) is 6.24. The molecule has 4 heteroatoms. The van der Waals surface area contributed by atoms with E-state index in [0.717, 1.165) is 46.1 Å². The minimum absolute atomic E-state index is 0.0128. The van der Waals surface area contributed by atoms with E-state index in [0.29, 0.717) is 0 Å². The number of pyridine rings is 1. The average molecular weight is 365 g/mol. The molecule has 1 aliphatic rings. The van der Waals surface area contributed by atoms with Crippen LogP contribution in [0.2, 0.25) is 0 Å². The van der Waals surface area contributed by atoms with Crippen LogP contribution in [0.1, 0.15) is 34.9 Å². The normalized spacial score (nSPS) is 11.8. The maximum absolute atomic E-state index is 13.6. The van der Waals surface area contributed by atoms with E-state index < -0.39 is 0 Å². The van der Waals surface area contributed by atoms with Gasteiger partial charge in [0, 0.05) is 36.6 Å². The van der Waals surface area contributed by atoms with Crippen LogP contribution in [0.25, 0.3) is 16.5 Å². The molecule has 0 saturated carbocycles. The minimum atomic E-state index is 0.0128. The lowest BCUT2D eigenvalue weighted by molar-refractivity contribution is 0.767. The number of aromatic nitrogens is 3.